The van der Waals surface area contributed by atoms with Gasteiger partial charge in [0.2, 0.25) is 6.79 Å². The fourth-order valence-electron chi connectivity index (χ4n) is 2.15. The second-order valence-electron chi connectivity index (χ2n) is 4.56. The van der Waals surface area contributed by atoms with Gasteiger partial charge in [0.15, 0.2) is 11.5 Å². The molecule has 3 heteroatoms. The van der Waals surface area contributed by atoms with Gasteiger partial charge in [0.1, 0.15) is 0 Å². The van der Waals surface area contributed by atoms with Crippen LogP contribution in [0.3, 0.4) is 0 Å². The quantitative estimate of drug-likeness (QED) is 0.913. The van der Waals surface area contributed by atoms with Crippen LogP contribution in [-0.4, -0.2) is 11.9 Å². The van der Waals surface area contributed by atoms with Crippen LogP contribution in [-0.2, 0) is 6.42 Å². The zero-order chi connectivity index (χ0) is 13.1. The lowest BCUT2D eigenvalue weighted by Gasteiger charge is -2.11. The van der Waals surface area contributed by atoms with Gasteiger partial charge in [0.05, 0.1) is 6.10 Å². The van der Waals surface area contributed by atoms with Crippen LogP contribution in [0.5, 0.6) is 11.5 Å². The molecule has 0 amide bonds. The van der Waals surface area contributed by atoms with E-state index in [4.69, 9.17) is 9.47 Å². The summed E-state index contributed by atoms with van der Waals surface area (Å²) in [4.78, 5) is 0. The van der Waals surface area contributed by atoms with Gasteiger partial charge in [-0.05, 0) is 42.2 Å². The van der Waals surface area contributed by atoms with Crippen LogP contribution >= 0.6 is 0 Å². The van der Waals surface area contributed by atoms with Crippen LogP contribution in [0.15, 0.2) is 42.5 Å². The Morgan fingerprint density at radius 3 is 2.79 bits per heavy atom. The van der Waals surface area contributed by atoms with Crippen molar-refractivity contribution in [3.05, 3.63) is 59.7 Å². The summed E-state index contributed by atoms with van der Waals surface area (Å²) in [6.45, 7) is 0.243. The molecule has 0 saturated carbocycles. The first-order chi connectivity index (χ1) is 9.33. The van der Waals surface area contributed by atoms with Crippen LogP contribution < -0.4 is 9.47 Å². The molecule has 3 nitrogen and oxygen atoms in total. The van der Waals surface area contributed by atoms with E-state index in [0.717, 1.165) is 12.0 Å². The summed E-state index contributed by atoms with van der Waals surface area (Å²) in [5.41, 5.74) is 1.97. The third kappa shape index (κ3) is 2.71. The van der Waals surface area contributed by atoms with Crippen molar-refractivity contribution in [1.29, 1.82) is 0 Å². The van der Waals surface area contributed by atoms with E-state index in [1.54, 1.807) is 12.1 Å². The van der Waals surface area contributed by atoms with Crippen LogP contribution in [0.25, 0.3) is 0 Å². The largest absolute Gasteiger partial charge is 0.454 e. The summed E-state index contributed by atoms with van der Waals surface area (Å²) in [5.74, 6) is 1.38. The maximum Gasteiger partial charge on any atom is 0.231 e. The predicted octanol–water partition coefficient (Wildman–Crippen LogP) is 2.88. The summed E-state index contributed by atoms with van der Waals surface area (Å²) in [6, 6.07) is 16.7. The highest BCUT2D eigenvalue weighted by Crippen LogP contribution is 2.34. The number of ether oxygens (including phenoxy) is 2. The molecular weight excluding hydrogens is 240 g/mol. The van der Waals surface area contributed by atoms with Crippen LogP contribution in [0.4, 0.5) is 0 Å². The zero-order valence-corrected chi connectivity index (χ0v) is 10.5. The van der Waals surface area contributed by atoms with Gasteiger partial charge < -0.3 is 14.6 Å². The second kappa shape index (κ2) is 5.33. The van der Waals surface area contributed by atoms with Gasteiger partial charge >= 0.3 is 0 Å². The molecule has 0 saturated heterocycles. The van der Waals surface area contributed by atoms with E-state index >= 15 is 0 Å². The molecule has 1 unspecified atom stereocenters. The Balaban J connectivity index is 1.65. The highest BCUT2D eigenvalue weighted by Gasteiger charge is 2.16. The first-order valence-electron chi connectivity index (χ1n) is 6.36. The Morgan fingerprint density at radius 2 is 1.95 bits per heavy atom. The number of aliphatic hydroxyl groups is 1. The molecule has 0 aromatic heterocycles. The lowest BCUT2D eigenvalue weighted by molar-refractivity contribution is 0.165. The molecule has 1 radical (unpaired) electrons. The van der Waals surface area contributed by atoms with E-state index in [1.807, 2.05) is 18.2 Å². The molecule has 0 aliphatic carbocycles. The maximum atomic E-state index is 10.2. The number of benzene rings is 2. The summed E-state index contributed by atoms with van der Waals surface area (Å²) < 4.78 is 10.5. The van der Waals surface area contributed by atoms with Crippen molar-refractivity contribution in [1.82, 2.24) is 0 Å². The Morgan fingerprint density at radius 1 is 1.16 bits per heavy atom. The first kappa shape index (κ1) is 12.1. The maximum absolute atomic E-state index is 10.2. The summed E-state index contributed by atoms with van der Waals surface area (Å²) in [7, 11) is 0. The molecule has 97 valence electrons. The molecule has 2 aromatic rings. The third-order valence-corrected chi connectivity index (χ3v) is 3.24. The number of fused-ring (bicyclic) bond motifs is 1. The summed E-state index contributed by atoms with van der Waals surface area (Å²) in [5, 5.41) is 10.2. The predicted molar refractivity (Wildman–Crippen MR) is 71.1 cm³/mol. The first-order valence-corrected chi connectivity index (χ1v) is 6.36. The van der Waals surface area contributed by atoms with Crippen molar-refractivity contribution in [2.45, 2.75) is 18.9 Å². The SMILES string of the molecule is OC(CCc1ccccc1)c1[c]cc2c(c1)OCO2. The van der Waals surface area contributed by atoms with Gasteiger partial charge in [-0.1, -0.05) is 30.3 Å². The summed E-state index contributed by atoms with van der Waals surface area (Å²) >= 11 is 0. The zero-order valence-electron chi connectivity index (χ0n) is 10.5. The minimum Gasteiger partial charge on any atom is -0.454 e. The lowest BCUT2D eigenvalue weighted by Crippen LogP contribution is -2.00. The standard InChI is InChI=1S/C16H15O3/c17-14(8-6-12-4-2-1-3-5-12)13-7-9-15-16(10-13)19-11-18-15/h1-5,9-10,14,17H,6,8,11H2. The van der Waals surface area contributed by atoms with E-state index in [2.05, 4.69) is 18.2 Å². The average Bonchev–Trinajstić information content (AvgIpc) is 2.93. The number of hydrogen-bond acceptors (Lipinski definition) is 3. The second-order valence-corrected chi connectivity index (χ2v) is 4.56. The lowest BCUT2D eigenvalue weighted by atomic mass is 10.0. The Hall–Kier alpha value is -2.00. The number of aliphatic hydroxyl groups excluding tert-OH is 1. The monoisotopic (exact) mass is 255 g/mol. The molecule has 3 rings (SSSR count). The highest BCUT2D eigenvalue weighted by atomic mass is 16.7. The molecule has 0 bridgehead atoms. The minimum atomic E-state index is -0.533. The molecular formula is C16H15O3. The van der Waals surface area contributed by atoms with Gasteiger partial charge in [0.25, 0.3) is 0 Å². The molecule has 1 heterocycles. The van der Waals surface area contributed by atoms with Crippen molar-refractivity contribution >= 4 is 0 Å². The third-order valence-electron chi connectivity index (χ3n) is 3.24. The molecule has 1 aliphatic rings. The molecule has 1 atom stereocenters. The normalized spacial score (nSPS) is 14.4. The fraction of sp³-hybridized carbons (Fsp3) is 0.250. The topological polar surface area (TPSA) is 38.7 Å². The van der Waals surface area contributed by atoms with Crippen molar-refractivity contribution in [2.24, 2.45) is 0 Å². The number of hydrogen-bond donors (Lipinski definition) is 1. The summed E-state index contributed by atoms with van der Waals surface area (Å²) in [6.07, 6.45) is 0.972. The molecule has 1 aliphatic heterocycles. The Bertz CT molecular complexity index is 551. The van der Waals surface area contributed by atoms with Crippen molar-refractivity contribution in [3.63, 3.8) is 0 Å². The van der Waals surface area contributed by atoms with Gasteiger partial charge in [-0.25, -0.2) is 0 Å². The van der Waals surface area contributed by atoms with Crippen LogP contribution in [0.2, 0.25) is 0 Å². The van der Waals surface area contributed by atoms with Crippen LogP contribution in [0.1, 0.15) is 23.7 Å². The molecule has 0 spiro atoms. The van der Waals surface area contributed by atoms with E-state index in [1.165, 1.54) is 5.56 Å². The van der Waals surface area contributed by atoms with E-state index in [0.29, 0.717) is 17.9 Å². The Kier molecular flexibility index (Phi) is 3.38. The van der Waals surface area contributed by atoms with E-state index in [-0.39, 0.29) is 6.79 Å². The highest BCUT2D eigenvalue weighted by molar-refractivity contribution is 5.44. The fourth-order valence-corrected chi connectivity index (χ4v) is 2.15. The van der Waals surface area contributed by atoms with E-state index in [9.17, 15) is 5.11 Å². The van der Waals surface area contributed by atoms with Crippen molar-refractivity contribution in [2.75, 3.05) is 6.79 Å². The van der Waals surface area contributed by atoms with Crippen molar-refractivity contribution < 1.29 is 14.6 Å². The smallest absolute Gasteiger partial charge is 0.231 e. The molecule has 2 aromatic carbocycles. The number of aryl methyl sites for hydroxylation is 1. The minimum absolute atomic E-state index is 0.243. The number of rotatable bonds is 4. The van der Waals surface area contributed by atoms with Gasteiger partial charge in [0, 0.05) is 0 Å². The van der Waals surface area contributed by atoms with E-state index < -0.39 is 6.10 Å². The average molecular weight is 255 g/mol. The Labute approximate surface area is 112 Å². The molecule has 0 fully saturated rings. The molecule has 19 heavy (non-hydrogen) atoms. The van der Waals surface area contributed by atoms with Crippen LogP contribution in [0, 0.1) is 6.07 Å². The molecule has 1 N–H and O–H groups in total. The van der Waals surface area contributed by atoms with Gasteiger partial charge in [-0.3, -0.25) is 0 Å². The van der Waals surface area contributed by atoms with Crippen molar-refractivity contribution in [3.8, 4) is 11.5 Å². The van der Waals surface area contributed by atoms with Gasteiger partial charge in [-0.2, -0.15) is 0 Å². The van der Waals surface area contributed by atoms with Gasteiger partial charge in [-0.15, -0.1) is 0 Å².